The van der Waals surface area contributed by atoms with Gasteiger partial charge >= 0.3 is 0 Å². The first-order valence-corrected chi connectivity index (χ1v) is 5.77. The molecule has 0 spiro atoms. The highest BCUT2D eigenvalue weighted by Crippen LogP contribution is 2.26. The molecule has 17 heavy (non-hydrogen) atoms. The van der Waals surface area contributed by atoms with Crippen LogP contribution in [0.25, 0.3) is 0 Å². The Balaban J connectivity index is 2.36. The average Bonchev–Trinajstić information content (AvgIpc) is 2.35. The van der Waals surface area contributed by atoms with Crippen molar-refractivity contribution in [2.45, 2.75) is 25.4 Å². The van der Waals surface area contributed by atoms with Crippen LogP contribution >= 0.6 is 0 Å². The fourth-order valence-corrected chi connectivity index (χ4v) is 1.48. The Hall–Kier alpha value is -1.26. The molecule has 0 amide bonds. The van der Waals surface area contributed by atoms with E-state index in [1.54, 1.807) is 14.0 Å². The summed E-state index contributed by atoms with van der Waals surface area (Å²) < 4.78 is 10.8. The first kappa shape index (κ1) is 13.8. The van der Waals surface area contributed by atoms with E-state index in [2.05, 4.69) is 0 Å². The van der Waals surface area contributed by atoms with Crippen molar-refractivity contribution in [3.05, 3.63) is 24.3 Å². The van der Waals surface area contributed by atoms with E-state index >= 15 is 0 Å². The maximum atomic E-state index is 9.72. The maximum absolute atomic E-state index is 9.72. The van der Waals surface area contributed by atoms with Gasteiger partial charge in [-0.15, -0.1) is 0 Å². The smallest absolute Gasteiger partial charge is 0.161 e. The molecule has 1 unspecified atom stereocenters. The lowest BCUT2D eigenvalue weighted by Gasteiger charge is -2.20. The van der Waals surface area contributed by atoms with Crippen molar-refractivity contribution in [2.24, 2.45) is 5.73 Å². The molecule has 0 aliphatic carbocycles. The third-order valence-corrected chi connectivity index (χ3v) is 2.63. The van der Waals surface area contributed by atoms with Gasteiger partial charge in [0.15, 0.2) is 11.5 Å². The highest BCUT2D eigenvalue weighted by Gasteiger charge is 2.17. The molecule has 96 valence electrons. The molecule has 0 radical (unpaired) electrons. The molecule has 0 heterocycles. The zero-order valence-electron chi connectivity index (χ0n) is 10.5. The molecule has 1 aromatic rings. The van der Waals surface area contributed by atoms with Gasteiger partial charge in [-0.3, -0.25) is 0 Å². The summed E-state index contributed by atoms with van der Waals surface area (Å²) in [6, 6.07) is 7.50. The summed E-state index contributed by atoms with van der Waals surface area (Å²) in [5.41, 5.74) is 4.63. The summed E-state index contributed by atoms with van der Waals surface area (Å²) in [4.78, 5) is 0. The summed E-state index contributed by atoms with van der Waals surface area (Å²) >= 11 is 0. The van der Waals surface area contributed by atoms with Crippen molar-refractivity contribution in [3.8, 4) is 11.5 Å². The van der Waals surface area contributed by atoms with Crippen LogP contribution in [0.1, 0.15) is 19.8 Å². The first-order valence-electron chi connectivity index (χ1n) is 5.77. The molecule has 0 aliphatic rings. The number of benzene rings is 1. The van der Waals surface area contributed by atoms with Crippen molar-refractivity contribution < 1.29 is 14.6 Å². The average molecular weight is 239 g/mol. The minimum Gasteiger partial charge on any atom is -0.493 e. The summed E-state index contributed by atoms with van der Waals surface area (Å²) in [5.74, 6) is 1.44. The van der Waals surface area contributed by atoms with Gasteiger partial charge in [-0.2, -0.15) is 0 Å². The summed E-state index contributed by atoms with van der Waals surface area (Å²) in [7, 11) is 1.61. The van der Waals surface area contributed by atoms with Crippen LogP contribution in [-0.4, -0.2) is 31.0 Å². The van der Waals surface area contributed by atoms with E-state index in [4.69, 9.17) is 15.2 Å². The minimum atomic E-state index is -0.801. The molecule has 1 rings (SSSR count). The Kier molecular flexibility index (Phi) is 5.25. The summed E-state index contributed by atoms with van der Waals surface area (Å²) in [6.45, 7) is 2.54. The number of nitrogens with two attached hydrogens (primary N) is 1. The minimum absolute atomic E-state index is 0.266. The quantitative estimate of drug-likeness (QED) is 0.709. The fraction of sp³-hybridized carbons (Fsp3) is 0.538. The molecule has 0 aromatic heterocycles. The highest BCUT2D eigenvalue weighted by atomic mass is 16.5. The van der Waals surface area contributed by atoms with E-state index < -0.39 is 5.60 Å². The molecule has 1 atom stereocenters. The van der Waals surface area contributed by atoms with Gasteiger partial charge in [-0.1, -0.05) is 12.1 Å². The lowest BCUT2D eigenvalue weighted by molar-refractivity contribution is 0.0535. The van der Waals surface area contributed by atoms with Crippen molar-refractivity contribution in [2.75, 3.05) is 20.3 Å². The number of hydrogen-bond donors (Lipinski definition) is 2. The number of aliphatic hydroxyl groups is 1. The Labute approximate surface area is 102 Å². The molecule has 0 bridgehead atoms. The van der Waals surface area contributed by atoms with E-state index in [0.29, 0.717) is 13.0 Å². The van der Waals surface area contributed by atoms with Gasteiger partial charge in [0.05, 0.1) is 19.3 Å². The molecule has 0 aliphatic heterocycles. The molecule has 0 saturated heterocycles. The van der Waals surface area contributed by atoms with E-state index in [0.717, 1.165) is 17.9 Å². The van der Waals surface area contributed by atoms with Crippen LogP contribution in [0, 0.1) is 0 Å². The number of rotatable bonds is 7. The number of ether oxygens (including phenoxy) is 2. The predicted molar refractivity (Wildman–Crippen MR) is 67.4 cm³/mol. The van der Waals surface area contributed by atoms with Crippen LogP contribution in [0.15, 0.2) is 24.3 Å². The van der Waals surface area contributed by atoms with E-state index in [1.807, 2.05) is 24.3 Å². The summed E-state index contributed by atoms with van der Waals surface area (Å²) in [5, 5.41) is 9.72. The van der Waals surface area contributed by atoms with Crippen LogP contribution in [0.3, 0.4) is 0 Å². The SMILES string of the molecule is COc1ccccc1OCCCC(C)(O)CN. The van der Waals surface area contributed by atoms with E-state index in [9.17, 15) is 5.11 Å². The monoisotopic (exact) mass is 239 g/mol. The van der Waals surface area contributed by atoms with Crippen molar-refractivity contribution in [3.63, 3.8) is 0 Å². The van der Waals surface area contributed by atoms with Crippen molar-refractivity contribution >= 4 is 0 Å². The third kappa shape index (κ3) is 4.63. The molecular formula is C13H21NO3. The van der Waals surface area contributed by atoms with Crippen LogP contribution in [0.5, 0.6) is 11.5 Å². The second-order valence-electron chi connectivity index (χ2n) is 4.30. The lowest BCUT2D eigenvalue weighted by atomic mass is 10.0. The molecule has 1 aromatic carbocycles. The van der Waals surface area contributed by atoms with E-state index in [1.165, 1.54) is 0 Å². The van der Waals surface area contributed by atoms with E-state index in [-0.39, 0.29) is 6.54 Å². The second kappa shape index (κ2) is 6.47. The van der Waals surface area contributed by atoms with Crippen molar-refractivity contribution in [1.82, 2.24) is 0 Å². The second-order valence-corrected chi connectivity index (χ2v) is 4.30. The van der Waals surface area contributed by atoms with Crippen LogP contribution in [0.2, 0.25) is 0 Å². The van der Waals surface area contributed by atoms with Gasteiger partial charge in [0.25, 0.3) is 0 Å². The van der Waals surface area contributed by atoms with Crippen LogP contribution < -0.4 is 15.2 Å². The first-order chi connectivity index (χ1) is 8.09. The Morgan fingerprint density at radius 1 is 1.29 bits per heavy atom. The highest BCUT2D eigenvalue weighted by molar-refractivity contribution is 5.39. The van der Waals surface area contributed by atoms with Gasteiger partial charge in [0, 0.05) is 6.54 Å². The van der Waals surface area contributed by atoms with Gasteiger partial charge in [0.1, 0.15) is 0 Å². The van der Waals surface area contributed by atoms with Gasteiger partial charge in [-0.05, 0) is 31.9 Å². The standard InChI is InChI=1S/C13H21NO3/c1-13(15,10-14)8-5-9-17-12-7-4-3-6-11(12)16-2/h3-4,6-7,15H,5,8-10,14H2,1-2H3. The maximum Gasteiger partial charge on any atom is 0.161 e. The molecule has 4 heteroatoms. The molecular weight excluding hydrogens is 218 g/mol. The summed E-state index contributed by atoms with van der Waals surface area (Å²) in [6.07, 6.45) is 1.38. The van der Waals surface area contributed by atoms with Gasteiger partial charge in [0.2, 0.25) is 0 Å². The topological polar surface area (TPSA) is 64.7 Å². The number of para-hydroxylation sites is 2. The molecule has 3 N–H and O–H groups in total. The Morgan fingerprint density at radius 3 is 2.53 bits per heavy atom. The molecule has 0 fully saturated rings. The zero-order valence-corrected chi connectivity index (χ0v) is 10.5. The lowest BCUT2D eigenvalue weighted by Crippen LogP contribution is -2.34. The van der Waals surface area contributed by atoms with Gasteiger partial charge in [-0.25, -0.2) is 0 Å². The van der Waals surface area contributed by atoms with Crippen molar-refractivity contribution in [1.29, 1.82) is 0 Å². The van der Waals surface area contributed by atoms with Crippen LogP contribution in [-0.2, 0) is 0 Å². The predicted octanol–water partition coefficient (Wildman–Crippen LogP) is 1.56. The fourth-order valence-electron chi connectivity index (χ4n) is 1.48. The van der Waals surface area contributed by atoms with Crippen LogP contribution in [0.4, 0.5) is 0 Å². The van der Waals surface area contributed by atoms with Gasteiger partial charge < -0.3 is 20.3 Å². The number of methoxy groups -OCH3 is 1. The molecule has 0 saturated carbocycles. The number of hydrogen-bond acceptors (Lipinski definition) is 4. The molecule has 4 nitrogen and oxygen atoms in total. The largest absolute Gasteiger partial charge is 0.493 e. The zero-order chi connectivity index (χ0) is 12.7. The Bertz CT molecular complexity index is 339. The third-order valence-electron chi connectivity index (χ3n) is 2.63. The normalized spacial score (nSPS) is 14.1. The Morgan fingerprint density at radius 2 is 1.94 bits per heavy atom.